The Bertz CT molecular complexity index is 1150. The van der Waals surface area contributed by atoms with Crippen LogP contribution in [0.25, 0.3) is 5.76 Å². The first kappa shape index (κ1) is 19.2. The molecule has 2 aromatic carbocycles. The summed E-state index contributed by atoms with van der Waals surface area (Å²) >= 11 is 0. The number of Topliss-reactive ketones (excluding diaryl/α,β-unsaturated/α-hetero) is 1. The van der Waals surface area contributed by atoms with Gasteiger partial charge in [0, 0.05) is 30.3 Å². The molecule has 1 amide bonds. The molecule has 0 saturated heterocycles. The molecule has 0 radical (unpaired) electrons. The summed E-state index contributed by atoms with van der Waals surface area (Å²) in [7, 11) is -2.76. The Labute approximate surface area is 168 Å². The van der Waals surface area contributed by atoms with Crippen molar-refractivity contribution in [2.75, 3.05) is 13.6 Å². The average Bonchev–Trinajstić information content (AvgIpc) is 3.55. The highest BCUT2D eigenvalue weighted by Crippen LogP contribution is 2.35. The number of aliphatic hydroxyl groups is 1. The molecule has 0 atom stereocenters. The first-order chi connectivity index (χ1) is 13.8. The van der Waals surface area contributed by atoms with Crippen molar-refractivity contribution in [2.24, 2.45) is 5.92 Å². The number of amides is 1. The summed E-state index contributed by atoms with van der Waals surface area (Å²) in [5.74, 6) is -0.863. The summed E-state index contributed by atoms with van der Waals surface area (Å²) in [6.45, 7) is 0.598. The van der Waals surface area contributed by atoms with Crippen LogP contribution in [0.1, 0.15) is 39.1 Å². The number of hydrogen-bond acceptors (Lipinski definition) is 5. The van der Waals surface area contributed by atoms with Gasteiger partial charge < -0.3 is 10.4 Å². The van der Waals surface area contributed by atoms with Crippen LogP contribution in [0.3, 0.4) is 0 Å². The molecule has 2 aromatic rings. The standard InChI is InChI=1S/C21H20N2O5S/c1-23-18(20(25)16-7-2-3-8-17(16)29(23,27)28)19(24)14-5-4-6-15(11-14)21(26)22-12-13-9-10-13/h2-8,11,13,25H,9-10,12H2,1H3,(H,22,26). The zero-order valence-corrected chi connectivity index (χ0v) is 16.6. The molecule has 1 saturated carbocycles. The van der Waals surface area contributed by atoms with Gasteiger partial charge in [0.05, 0.1) is 4.90 Å². The molecule has 7 nitrogen and oxygen atoms in total. The molecule has 1 heterocycles. The Morgan fingerprint density at radius 1 is 1.10 bits per heavy atom. The van der Waals surface area contributed by atoms with Crippen LogP contribution in [0.4, 0.5) is 0 Å². The lowest BCUT2D eigenvalue weighted by atomic mass is 10.0. The van der Waals surface area contributed by atoms with E-state index in [1.165, 1.54) is 31.3 Å². The third-order valence-electron chi connectivity index (χ3n) is 5.17. The van der Waals surface area contributed by atoms with Crippen molar-refractivity contribution in [3.05, 3.63) is 70.9 Å². The highest BCUT2D eigenvalue weighted by atomic mass is 32.2. The van der Waals surface area contributed by atoms with Crippen LogP contribution in [0, 0.1) is 5.92 Å². The van der Waals surface area contributed by atoms with Crippen LogP contribution in [0.5, 0.6) is 0 Å². The maximum Gasteiger partial charge on any atom is 0.265 e. The van der Waals surface area contributed by atoms with Gasteiger partial charge >= 0.3 is 0 Å². The highest BCUT2D eigenvalue weighted by Gasteiger charge is 2.38. The number of rotatable bonds is 5. The SMILES string of the molecule is CN1C(C(=O)c2cccc(C(=O)NCC3CC3)c2)=C(O)c2ccccc2S1(=O)=O. The second kappa shape index (κ2) is 7.04. The molecule has 2 N–H and O–H groups in total. The summed E-state index contributed by atoms with van der Waals surface area (Å²) in [6.07, 6.45) is 2.21. The third-order valence-corrected chi connectivity index (χ3v) is 6.99. The van der Waals surface area contributed by atoms with Gasteiger partial charge in [-0.25, -0.2) is 8.42 Å². The summed E-state index contributed by atoms with van der Waals surface area (Å²) in [5.41, 5.74) is 0.150. The summed E-state index contributed by atoms with van der Waals surface area (Å²) < 4.78 is 26.4. The average molecular weight is 412 g/mol. The number of aliphatic hydroxyl groups excluding tert-OH is 1. The van der Waals surface area contributed by atoms with Crippen LogP contribution in [0.2, 0.25) is 0 Å². The quantitative estimate of drug-likeness (QED) is 0.735. The molecule has 1 fully saturated rings. The van der Waals surface area contributed by atoms with Crippen molar-refractivity contribution in [1.29, 1.82) is 0 Å². The molecule has 0 aromatic heterocycles. The van der Waals surface area contributed by atoms with Crippen LogP contribution in [-0.4, -0.2) is 43.1 Å². The smallest absolute Gasteiger partial charge is 0.265 e. The van der Waals surface area contributed by atoms with Crippen molar-refractivity contribution >= 4 is 27.5 Å². The molecule has 4 rings (SSSR count). The van der Waals surface area contributed by atoms with Crippen LogP contribution >= 0.6 is 0 Å². The first-order valence-corrected chi connectivity index (χ1v) is 10.7. The molecular weight excluding hydrogens is 392 g/mol. The van der Waals surface area contributed by atoms with Crippen LogP contribution in [0.15, 0.2) is 59.1 Å². The second-order valence-corrected chi connectivity index (χ2v) is 9.17. The predicted molar refractivity (Wildman–Crippen MR) is 107 cm³/mol. The predicted octanol–water partition coefficient (Wildman–Crippen LogP) is 2.57. The number of likely N-dealkylation sites (N-methyl/N-ethyl adjacent to an activating group) is 1. The number of ketones is 1. The molecule has 1 aliphatic carbocycles. The van der Waals surface area contributed by atoms with E-state index in [4.69, 9.17) is 0 Å². The normalized spacial score (nSPS) is 17.6. The highest BCUT2D eigenvalue weighted by molar-refractivity contribution is 7.89. The van der Waals surface area contributed by atoms with Crippen molar-refractivity contribution in [1.82, 2.24) is 9.62 Å². The van der Waals surface area contributed by atoms with E-state index in [9.17, 15) is 23.1 Å². The number of sulfonamides is 1. The molecule has 29 heavy (non-hydrogen) atoms. The van der Waals surface area contributed by atoms with Crippen molar-refractivity contribution in [3.8, 4) is 0 Å². The van der Waals surface area contributed by atoms with E-state index in [-0.39, 0.29) is 27.6 Å². The molecule has 0 spiro atoms. The summed E-state index contributed by atoms with van der Waals surface area (Å²) in [5, 5.41) is 13.5. The fraction of sp³-hybridized carbons (Fsp3) is 0.238. The van der Waals surface area contributed by atoms with E-state index < -0.39 is 21.6 Å². The van der Waals surface area contributed by atoms with Gasteiger partial charge in [0.15, 0.2) is 5.76 Å². The number of carbonyl (C=O) groups excluding carboxylic acids is 2. The molecule has 1 aliphatic heterocycles. The van der Waals surface area contributed by atoms with Gasteiger partial charge in [-0.05, 0) is 43.0 Å². The first-order valence-electron chi connectivity index (χ1n) is 9.25. The van der Waals surface area contributed by atoms with Crippen LogP contribution < -0.4 is 5.32 Å². The number of carbonyl (C=O) groups is 2. The van der Waals surface area contributed by atoms with Crippen molar-refractivity contribution < 1.29 is 23.1 Å². The number of benzene rings is 2. The monoisotopic (exact) mass is 412 g/mol. The minimum Gasteiger partial charge on any atom is -0.505 e. The largest absolute Gasteiger partial charge is 0.505 e. The van der Waals surface area contributed by atoms with E-state index in [1.807, 2.05) is 0 Å². The lowest BCUT2D eigenvalue weighted by Gasteiger charge is -2.28. The van der Waals surface area contributed by atoms with Gasteiger partial charge in [-0.15, -0.1) is 0 Å². The van der Waals surface area contributed by atoms with E-state index in [2.05, 4.69) is 5.32 Å². The minimum atomic E-state index is -3.98. The molecule has 0 bridgehead atoms. The van der Waals surface area contributed by atoms with Gasteiger partial charge in [-0.1, -0.05) is 24.3 Å². The Morgan fingerprint density at radius 2 is 1.79 bits per heavy atom. The fourth-order valence-corrected chi connectivity index (χ4v) is 4.68. The summed E-state index contributed by atoms with van der Waals surface area (Å²) in [6, 6.07) is 12.0. The van der Waals surface area contributed by atoms with E-state index in [0.717, 1.165) is 17.1 Å². The molecule has 2 aliphatic rings. The number of hydrogen-bond donors (Lipinski definition) is 2. The van der Waals surface area contributed by atoms with Gasteiger partial charge in [0.25, 0.3) is 15.9 Å². The zero-order valence-electron chi connectivity index (χ0n) is 15.8. The summed E-state index contributed by atoms with van der Waals surface area (Å²) in [4.78, 5) is 25.4. The van der Waals surface area contributed by atoms with E-state index in [1.54, 1.807) is 24.3 Å². The molecule has 8 heteroatoms. The van der Waals surface area contributed by atoms with E-state index >= 15 is 0 Å². The Kier molecular flexibility index (Phi) is 4.66. The van der Waals surface area contributed by atoms with Crippen molar-refractivity contribution in [2.45, 2.75) is 17.7 Å². The minimum absolute atomic E-state index is 0.0650. The zero-order chi connectivity index (χ0) is 20.8. The number of nitrogens with one attached hydrogen (secondary N) is 1. The second-order valence-electron chi connectivity index (χ2n) is 7.23. The Morgan fingerprint density at radius 3 is 2.52 bits per heavy atom. The third kappa shape index (κ3) is 3.40. The number of nitrogens with zero attached hydrogens (tertiary/aromatic N) is 1. The lowest BCUT2D eigenvalue weighted by Crippen LogP contribution is -2.35. The topological polar surface area (TPSA) is 104 Å². The van der Waals surface area contributed by atoms with Crippen molar-refractivity contribution in [3.63, 3.8) is 0 Å². The molecule has 0 unspecified atom stereocenters. The van der Waals surface area contributed by atoms with Gasteiger partial charge in [0.1, 0.15) is 5.70 Å². The maximum atomic E-state index is 13.1. The Hall–Kier alpha value is -3.13. The van der Waals surface area contributed by atoms with Gasteiger partial charge in [-0.2, -0.15) is 0 Å². The van der Waals surface area contributed by atoms with Gasteiger partial charge in [-0.3, -0.25) is 13.9 Å². The Balaban J connectivity index is 1.70. The fourth-order valence-electron chi connectivity index (χ4n) is 3.28. The maximum absolute atomic E-state index is 13.1. The molecule has 150 valence electrons. The lowest BCUT2D eigenvalue weighted by molar-refractivity contribution is 0.0951. The van der Waals surface area contributed by atoms with Crippen LogP contribution in [-0.2, 0) is 10.0 Å². The number of allylic oxidation sites excluding steroid dienone is 1. The number of fused-ring (bicyclic) bond motifs is 1. The molecular formula is C21H20N2O5S. The van der Waals surface area contributed by atoms with Gasteiger partial charge in [0.2, 0.25) is 5.78 Å². The van der Waals surface area contributed by atoms with E-state index in [0.29, 0.717) is 18.0 Å².